The van der Waals surface area contributed by atoms with Crippen LogP contribution in [0, 0.1) is 0 Å². The minimum Gasteiger partial charge on any atom is -0.508 e. The van der Waals surface area contributed by atoms with Crippen LogP contribution in [0.15, 0.2) is 30.3 Å². The van der Waals surface area contributed by atoms with E-state index in [1.165, 1.54) is 18.2 Å². The smallest absolute Gasteiger partial charge is 0.329 e. The van der Waals surface area contributed by atoms with Gasteiger partial charge in [-0.25, -0.2) is 9.69 Å². The lowest BCUT2D eigenvalue weighted by Crippen LogP contribution is -2.30. The first-order chi connectivity index (χ1) is 12.3. The third-order valence-corrected chi connectivity index (χ3v) is 4.49. The number of rotatable bonds is 4. The summed E-state index contributed by atoms with van der Waals surface area (Å²) < 4.78 is 5.78. The van der Waals surface area contributed by atoms with Crippen molar-refractivity contribution in [1.82, 2.24) is 5.32 Å². The zero-order valence-corrected chi connectivity index (χ0v) is 15.6. The molecule has 0 aliphatic carbocycles. The molecule has 0 aromatic heterocycles. The Balaban J connectivity index is 1.94. The molecule has 3 rings (SSSR count). The van der Waals surface area contributed by atoms with Crippen molar-refractivity contribution in [2.45, 2.75) is 19.8 Å². The summed E-state index contributed by atoms with van der Waals surface area (Å²) in [4.78, 5) is 24.6. The number of hydrogen-bond acceptors (Lipinski definition) is 4. The molecule has 1 aliphatic rings. The summed E-state index contributed by atoms with van der Waals surface area (Å²) in [6, 6.07) is 7.19. The van der Waals surface area contributed by atoms with Gasteiger partial charge in [-0.3, -0.25) is 4.79 Å². The van der Waals surface area contributed by atoms with Gasteiger partial charge in [-0.15, -0.1) is 0 Å². The number of benzene rings is 2. The third kappa shape index (κ3) is 3.43. The van der Waals surface area contributed by atoms with Gasteiger partial charge in [0.1, 0.15) is 11.5 Å². The van der Waals surface area contributed by atoms with Crippen LogP contribution in [0.5, 0.6) is 17.2 Å². The fourth-order valence-corrected chi connectivity index (χ4v) is 3.19. The number of amides is 3. The number of nitrogens with one attached hydrogen (secondary N) is 1. The second-order valence-electron chi connectivity index (χ2n) is 6.10. The maximum Gasteiger partial charge on any atom is 0.329 e. The van der Waals surface area contributed by atoms with E-state index in [0.717, 1.165) is 10.5 Å². The molecule has 1 aliphatic heterocycles. The van der Waals surface area contributed by atoms with Gasteiger partial charge in [0.05, 0.1) is 22.3 Å². The van der Waals surface area contributed by atoms with Crippen molar-refractivity contribution in [2.75, 3.05) is 11.4 Å². The average Bonchev–Trinajstić information content (AvgIpc) is 2.90. The van der Waals surface area contributed by atoms with Crippen LogP contribution in [0.4, 0.5) is 10.5 Å². The highest BCUT2D eigenvalue weighted by atomic mass is 35.5. The number of urea groups is 1. The van der Waals surface area contributed by atoms with Crippen LogP contribution in [-0.2, 0) is 4.79 Å². The van der Waals surface area contributed by atoms with Crippen LogP contribution in [0.2, 0.25) is 10.0 Å². The fraction of sp³-hybridized carbons (Fsp3) is 0.222. The highest BCUT2D eigenvalue weighted by Crippen LogP contribution is 2.41. The van der Waals surface area contributed by atoms with Gasteiger partial charge in [0.2, 0.25) is 0 Å². The van der Waals surface area contributed by atoms with Gasteiger partial charge in [-0.2, -0.15) is 0 Å². The summed E-state index contributed by atoms with van der Waals surface area (Å²) in [5.41, 5.74) is 0.992. The molecule has 0 unspecified atom stereocenters. The molecule has 1 saturated heterocycles. The first-order valence-corrected chi connectivity index (χ1v) is 8.64. The highest BCUT2D eigenvalue weighted by Gasteiger charge is 2.31. The van der Waals surface area contributed by atoms with Crippen molar-refractivity contribution < 1.29 is 19.4 Å². The molecule has 136 valence electrons. The monoisotopic (exact) mass is 394 g/mol. The Labute approximate surface area is 160 Å². The SMILES string of the molecule is CC(C)c1cc(Oc2c(Cl)cc(N3C(=O)CNC3=O)cc2Cl)ccc1O. The summed E-state index contributed by atoms with van der Waals surface area (Å²) in [5.74, 6) is 0.545. The molecule has 1 heterocycles. The van der Waals surface area contributed by atoms with Gasteiger partial charge in [-0.1, -0.05) is 37.0 Å². The van der Waals surface area contributed by atoms with Crippen molar-refractivity contribution in [2.24, 2.45) is 0 Å². The maximum absolute atomic E-state index is 11.8. The standard InChI is InChI=1S/C18H16Cl2N2O4/c1-9(2)12-7-11(3-4-15(12)23)26-17-13(19)5-10(6-14(17)20)22-16(24)8-21-18(22)25/h3-7,9,23H,8H2,1-2H3,(H,21,25). The van der Waals surface area contributed by atoms with Crippen molar-refractivity contribution in [3.63, 3.8) is 0 Å². The third-order valence-electron chi connectivity index (χ3n) is 3.93. The molecule has 0 radical (unpaired) electrons. The molecule has 2 N–H and O–H groups in total. The van der Waals surface area contributed by atoms with E-state index < -0.39 is 11.9 Å². The van der Waals surface area contributed by atoms with Crippen LogP contribution < -0.4 is 15.0 Å². The van der Waals surface area contributed by atoms with Crippen molar-refractivity contribution in [3.05, 3.63) is 45.9 Å². The van der Waals surface area contributed by atoms with Gasteiger partial charge in [0.15, 0.2) is 5.75 Å². The topological polar surface area (TPSA) is 78.9 Å². The predicted molar refractivity (Wildman–Crippen MR) is 99.6 cm³/mol. The van der Waals surface area contributed by atoms with E-state index in [-0.39, 0.29) is 39.7 Å². The number of halogens is 2. The largest absolute Gasteiger partial charge is 0.508 e. The molecule has 0 atom stereocenters. The normalized spacial score (nSPS) is 14.1. The van der Waals surface area contributed by atoms with E-state index in [1.54, 1.807) is 12.1 Å². The summed E-state index contributed by atoms with van der Waals surface area (Å²) in [6.45, 7) is 3.83. The minimum absolute atomic E-state index is 0.0716. The van der Waals surface area contributed by atoms with Crippen molar-refractivity contribution in [3.8, 4) is 17.2 Å². The number of anilines is 1. The lowest BCUT2D eigenvalue weighted by Gasteiger charge is -2.17. The molecule has 1 fully saturated rings. The lowest BCUT2D eigenvalue weighted by atomic mass is 10.0. The minimum atomic E-state index is -0.532. The van der Waals surface area contributed by atoms with Gasteiger partial charge < -0.3 is 15.2 Å². The first kappa shape index (κ1) is 18.4. The lowest BCUT2D eigenvalue weighted by molar-refractivity contribution is -0.115. The Morgan fingerprint density at radius 2 is 1.81 bits per heavy atom. The summed E-state index contributed by atoms with van der Waals surface area (Å²) in [6.07, 6.45) is 0. The van der Waals surface area contributed by atoms with Crippen LogP contribution in [0.1, 0.15) is 25.3 Å². The molecule has 0 bridgehead atoms. The van der Waals surface area contributed by atoms with Crippen LogP contribution in [-0.4, -0.2) is 23.6 Å². The molecule has 8 heteroatoms. The van der Waals surface area contributed by atoms with E-state index in [0.29, 0.717) is 5.75 Å². The van der Waals surface area contributed by atoms with E-state index >= 15 is 0 Å². The summed E-state index contributed by atoms with van der Waals surface area (Å²) in [5, 5.41) is 12.6. The molecule has 6 nitrogen and oxygen atoms in total. The number of ether oxygens (including phenoxy) is 1. The van der Waals surface area contributed by atoms with Crippen molar-refractivity contribution >= 4 is 40.8 Å². The summed E-state index contributed by atoms with van der Waals surface area (Å²) >= 11 is 12.5. The number of nitrogens with zero attached hydrogens (tertiary/aromatic N) is 1. The molecule has 3 amide bonds. The maximum atomic E-state index is 11.8. The van der Waals surface area contributed by atoms with Crippen molar-refractivity contribution in [1.29, 1.82) is 0 Å². The molecule has 2 aromatic rings. The number of phenols is 1. The molecular weight excluding hydrogens is 379 g/mol. The molecule has 26 heavy (non-hydrogen) atoms. The Morgan fingerprint density at radius 1 is 1.15 bits per heavy atom. The van der Waals surface area contributed by atoms with Crippen LogP contribution >= 0.6 is 23.2 Å². The fourth-order valence-electron chi connectivity index (χ4n) is 2.63. The average molecular weight is 395 g/mol. The Bertz CT molecular complexity index is 860. The number of carbonyl (C=O) groups is 2. The van der Waals surface area contributed by atoms with E-state index in [4.69, 9.17) is 27.9 Å². The van der Waals surface area contributed by atoms with E-state index in [9.17, 15) is 14.7 Å². The second kappa shape index (κ2) is 7.05. The highest BCUT2D eigenvalue weighted by molar-refractivity contribution is 6.38. The van der Waals surface area contributed by atoms with Gasteiger partial charge in [0.25, 0.3) is 5.91 Å². The zero-order valence-electron chi connectivity index (χ0n) is 14.0. The second-order valence-corrected chi connectivity index (χ2v) is 6.92. The van der Waals surface area contributed by atoms with Gasteiger partial charge in [-0.05, 0) is 36.2 Å². The van der Waals surface area contributed by atoms with Gasteiger partial charge >= 0.3 is 6.03 Å². The van der Waals surface area contributed by atoms with E-state index in [1.807, 2.05) is 13.8 Å². The van der Waals surface area contributed by atoms with E-state index in [2.05, 4.69) is 5.32 Å². The molecular formula is C18H16Cl2N2O4. The Hall–Kier alpha value is -2.44. The van der Waals surface area contributed by atoms with Crippen LogP contribution in [0.3, 0.4) is 0 Å². The molecule has 0 spiro atoms. The van der Waals surface area contributed by atoms with Crippen LogP contribution in [0.25, 0.3) is 0 Å². The first-order valence-electron chi connectivity index (χ1n) is 7.88. The number of hydrogen-bond donors (Lipinski definition) is 2. The number of carbonyl (C=O) groups excluding carboxylic acids is 2. The quantitative estimate of drug-likeness (QED) is 0.738. The molecule has 0 saturated carbocycles. The number of phenolic OH excluding ortho intramolecular Hbond substituents is 1. The Morgan fingerprint density at radius 3 is 2.35 bits per heavy atom. The predicted octanol–water partition coefficient (Wildman–Crippen LogP) is 4.67. The Kier molecular flexibility index (Phi) is 4.98. The number of imide groups is 1. The summed E-state index contributed by atoms with van der Waals surface area (Å²) in [7, 11) is 0. The molecule has 2 aromatic carbocycles. The van der Waals surface area contributed by atoms with Gasteiger partial charge in [0, 0.05) is 5.56 Å². The number of aromatic hydroxyl groups is 1. The zero-order chi connectivity index (χ0) is 19.0.